The number of ether oxygens (including phenoxy) is 1. The SMILES string of the molecule is C=C(C)C(=O)OCO[Si](CCCCCCCCCCC)(OC)OC. The second kappa shape index (κ2) is 14.6. The van der Waals surface area contributed by atoms with Crippen molar-refractivity contribution in [3.8, 4) is 0 Å². The van der Waals surface area contributed by atoms with Gasteiger partial charge in [-0.2, -0.15) is 0 Å². The highest BCUT2D eigenvalue weighted by Crippen LogP contribution is 2.19. The van der Waals surface area contributed by atoms with Gasteiger partial charge in [0, 0.05) is 25.8 Å². The van der Waals surface area contributed by atoms with Gasteiger partial charge in [0.25, 0.3) is 0 Å². The first-order valence-corrected chi connectivity index (χ1v) is 11.0. The average Bonchev–Trinajstić information content (AvgIpc) is 2.58. The molecule has 0 saturated carbocycles. The van der Waals surface area contributed by atoms with Crippen LogP contribution in [0.1, 0.15) is 71.6 Å². The highest BCUT2D eigenvalue weighted by Gasteiger charge is 2.38. The molecule has 0 radical (unpaired) electrons. The van der Waals surface area contributed by atoms with Gasteiger partial charge in [-0.05, 0) is 13.3 Å². The van der Waals surface area contributed by atoms with Crippen molar-refractivity contribution in [3.05, 3.63) is 12.2 Å². The van der Waals surface area contributed by atoms with Crippen LogP contribution < -0.4 is 0 Å². The lowest BCUT2D eigenvalue weighted by Gasteiger charge is -2.26. The average molecular weight is 361 g/mol. The molecule has 0 fully saturated rings. The van der Waals surface area contributed by atoms with Gasteiger partial charge < -0.3 is 18.0 Å². The van der Waals surface area contributed by atoms with Gasteiger partial charge in [0.1, 0.15) is 0 Å². The van der Waals surface area contributed by atoms with Gasteiger partial charge in [-0.1, -0.05) is 64.9 Å². The third kappa shape index (κ3) is 11.0. The highest BCUT2D eigenvalue weighted by molar-refractivity contribution is 6.60. The molecule has 0 bridgehead atoms. The first-order valence-electron chi connectivity index (χ1n) is 9.08. The molecule has 0 aliphatic rings. The van der Waals surface area contributed by atoms with Crippen LogP contribution in [0, 0.1) is 0 Å². The number of rotatable bonds is 16. The zero-order valence-electron chi connectivity index (χ0n) is 16.0. The second-order valence-corrected chi connectivity index (χ2v) is 9.12. The fourth-order valence-corrected chi connectivity index (χ4v) is 4.30. The number of hydrogen-bond acceptors (Lipinski definition) is 5. The van der Waals surface area contributed by atoms with Crippen LogP contribution in [0.15, 0.2) is 12.2 Å². The van der Waals surface area contributed by atoms with Gasteiger partial charge >= 0.3 is 14.8 Å². The molecule has 0 heterocycles. The third-order valence-corrected chi connectivity index (χ3v) is 6.79. The minimum absolute atomic E-state index is 0.156. The summed E-state index contributed by atoms with van der Waals surface area (Å²) < 4.78 is 21.6. The van der Waals surface area contributed by atoms with E-state index in [0.29, 0.717) is 5.57 Å². The van der Waals surface area contributed by atoms with Crippen LogP contribution in [0.25, 0.3) is 0 Å². The predicted molar refractivity (Wildman–Crippen MR) is 98.7 cm³/mol. The number of carbonyl (C=O) groups excluding carboxylic acids is 1. The van der Waals surface area contributed by atoms with E-state index < -0.39 is 14.8 Å². The van der Waals surface area contributed by atoms with Crippen LogP contribution in [0.4, 0.5) is 0 Å². The van der Waals surface area contributed by atoms with Gasteiger partial charge in [-0.25, -0.2) is 4.79 Å². The number of hydrogen-bond donors (Lipinski definition) is 0. The zero-order valence-corrected chi connectivity index (χ0v) is 17.0. The van der Waals surface area contributed by atoms with Crippen LogP contribution >= 0.6 is 0 Å². The third-order valence-electron chi connectivity index (χ3n) is 4.03. The number of esters is 1. The molecule has 0 aromatic carbocycles. The van der Waals surface area contributed by atoms with Crippen molar-refractivity contribution in [1.82, 2.24) is 0 Å². The van der Waals surface area contributed by atoms with E-state index in [4.69, 9.17) is 18.0 Å². The van der Waals surface area contributed by atoms with Gasteiger partial charge in [-0.3, -0.25) is 0 Å². The van der Waals surface area contributed by atoms with E-state index in [2.05, 4.69) is 13.5 Å². The zero-order chi connectivity index (χ0) is 18.3. The van der Waals surface area contributed by atoms with Crippen LogP contribution in [-0.4, -0.2) is 35.8 Å². The Balaban J connectivity index is 3.89. The Labute approximate surface area is 149 Å². The maximum Gasteiger partial charge on any atom is 0.502 e. The molecule has 0 atom stereocenters. The Morgan fingerprint density at radius 2 is 1.42 bits per heavy atom. The molecule has 0 rings (SSSR count). The summed E-state index contributed by atoms with van der Waals surface area (Å²) in [5.74, 6) is -0.465. The molecule has 0 amide bonds. The molecule has 0 aromatic rings. The first kappa shape index (κ1) is 23.3. The van der Waals surface area contributed by atoms with E-state index in [-0.39, 0.29) is 6.79 Å². The summed E-state index contributed by atoms with van der Waals surface area (Å²) in [7, 11) is 0.437. The molecule has 0 aliphatic heterocycles. The fraction of sp³-hybridized carbons (Fsp3) is 0.833. The first-order chi connectivity index (χ1) is 11.5. The van der Waals surface area contributed by atoms with Crippen molar-refractivity contribution in [2.24, 2.45) is 0 Å². The largest absolute Gasteiger partial charge is 0.502 e. The van der Waals surface area contributed by atoms with Crippen molar-refractivity contribution in [1.29, 1.82) is 0 Å². The van der Waals surface area contributed by atoms with Gasteiger partial charge in [0.15, 0.2) is 6.79 Å². The molecular weight excluding hydrogens is 324 g/mol. The number of unbranched alkanes of at least 4 members (excludes halogenated alkanes) is 8. The molecule has 142 valence electrons. The standard InChI is InChI=1S/C18H36O5Si/c1-6-7-8-9-10-11-12-13-14-15-24(20-4,21-5)23-16-22-18(19)17(2)3/h2,6-16H2,1,3-5H3. The minimum Gasteiger partial charge on any atom is -0.436 e. The normalized spacial score (nSPS) is 11.5. The molecule has 0 N–H and O–H groups in total. The molecule has 6 heteroatoms. The maximum absolute atomic E-state index is 11.4. The van der Waals surface area contributed by atoms with E-state index >= 15 is 0 Å². The van der Waals surface area contributed by atoms with Crippen LogP contribution in [0.2, 0.25) is 6.04 Å². The highest BCUT2D eigenvalue weighted by atomic mass is 28.4. The van der Waals surface area contributed by atoms with Gasteiger partial charge in [0.2, 0.25) is 0 Å². The quantitative estimate of drug-likeness (QED) is 0.130. The molecule has 5 nitrogen and oxygen atoms in total. The Morgan fingerprint density at radius 3 is 1.88 bits per heavy atom. The summed E-state index contributed by atoms with van der Waals surface area (Å²) in [5.41, 5.74) is 0.347. The summed E-state index contributed by atoms with van der Waals surface area (Å²) >= 11 is 0. The fourth-order valence-electron chi connectivity index (χ4n) is 2.43. The Hall–Kier alpha value is -0.693. The van der Waals surface area contributed by atoms with Gasteiger partial charge in [0.05, 0.1) is 0 Å². The molecule has 0 saturated heterocycles. The number of carbonyl (C=O) groups is 1. The van der Waals surface area contributed by atoms with Crippen molar-refractivity contribution in [2.75, 3.05) is 21.0 Å². The molecule has 24 heavy (non-hydrogen) atoms. The molecule has 0 spiro atoms. The van der Waals surface area contributed by atoms with E-state index in [1.165, 1.54) is 44.9 Å². The smallest absolute Gasteiger partial charge is 0.436 e. The van der Waals surface area contributed by atoms with Crippen LogP contribution in [0.5, 0.6) is 0 Å². The molecule has 0 aliphatic carbocycles. The van der Waals surface area contributed by atoms with Crippen molar-refractivity contribution in [2.45, 2.75) is 77.7 Å². The summed E-state index contributed by atoms with van der Waals surface area (Å²) in [6.07, 6.45) is 11.3. The Bertz CT molecular complexity index is 342. The summed E-state index contributed by atoms with van der Waals surface area (Å²) in [6, 6.07) is 0.737. The summed E-state index contributed by atoms with van der Waals surface area (Å²) in [6.45, 7) is 7.21. The molecule has 0 unspecified atom stereocenters. The van der Waals surface area contributed by atoms with E-state index in [1.807, 2.05) is 0 Å². The second-order valence-electron chi connectivity index (χ2n) is 6.14. The molecule has 0 aromatic heterocycles. The monoisotopic (exact) mass is 360 g/mol. The van der Waals surface area contributed by atoms with Crippen molar-refractivity contribution in [3.63, 3.8) is 0 Å². The lowest BCUT2D eigenvalue weighted by Crippen LogP contribution is -2.44. The van der Waals surface area contributed by atoms with Gasteiger partial charge in [-0.15, -0.1) is 0 Å². The summed E-state index contributed by atoms with van der Waals surface area (Å²) in [5, 5.41) is 0. The van der Waals surface area contributed by atoms with E-state index in [0.717, 1.165) is 18.9 Å². The Morgan fingerprint density at radius 1 is 0.917 bits per heavy atom. The molecular formula is C18H36O5Si. The van der Waals surface area contributed by atoms with Crippen LogP contribution in [-0.2, 0) is 22.8 Å². The van der Waals surface area contributed by atoms with E-state index in [1.54, 1.807) is 21.1 Å². The Kier molecular flexibility index (Phi) is 14.2. The van der Waals surface area contributed by atoms with Crippen molar-refractivity contribution < 1.29 is 22.8 Å². The maximum atomic E-state index is 11.4. The summed E-state index contributed by atoms with van der Waals surface area (Å²) in [4.78, 5) is 11.4. The lowest BCUT2D eigenvalue weighted by atomic mass is 10.1. The minimum atomic E-state index is -2.74. The predicted octanol–water partition coefficient (Wildman–Crippen LogP) is 4.84. The van der Waals surface area contributed by atoms with E-state index in [9.17, 15) is 4.79 Å². The van der Waals surface area contributed by atoms with Crippen molar-refractivity contribution >= 4 is 14.8 Å². The van der Waals surface area contributed by atoms with Crippen LogP contribution in [0.3, 0.4) is 0 Å². The topological polar surface area (TPSA) is 54.0 Å². The lowest BCUT2D eigenvalue weighted by molar-refractivity contribution is -0.147.